The third-order valence-corrected chi connectivity index (χ3v) is 8.49. The van der Waals surface area contributed by atoms with Crippen molar-refractivity contribution in [2.24, 2.45) is 5.73 Å². The summed E-state index contributed by atoms with van der Waals surface area (Å²) >= 11 is 0. The first kappa shape index (κ1) is 49.6. The zero-order valence-corrected chi connectivity index (χ0v) is 34.2. The van der Waals surface area contributed by atoms with Crippen LogP contribution in [0.2, 0.25) is 0 Å². The van der Waals surface area contributed by atoms with Crippen LogP contribution in [0.15, 0.2) is 115 Å². The van der Waals surface area contributed by atoms with Crippen molar-refractivity contribution in [1.82, 2.24) is 15.5 Å². The van der Waals surface area contributed by atoms with Crippen LogP contribution in [0.3, 0.4) is 0 Å². The summed E-state index contributed by atoms with van der Waals surface area (Å²) in [6.45, 7) is 16.5. The van der Waals surface area contributed by atoms with Crippen LogP contribution >= 0.6 is 0 Å². The predicted molar refractivity (Wildman–Crippen MR) is 226 cm³/mol. The number of hydrogen-bond donors (Lipinski definition) is 4. The van der Waals surface area contributed by atoms with Gasteiger partial charge in [-0.2, -0.15) is 13.2 Å². The molecule has 0 aromatic heterocycles. The second-order valence-corrected chi connectivity index (χ2v) is 12.6. The summed E-state index contributed by atoms with van der Waals surface area (Å²) in [5.41, 5.74) is 8.41. The molecule has 1 unspecified atom stereocenters. The molecule has 3 rings (SSSR count). The number of nitrogens with two attached hydrogens (primary N) is 1. The molecule has 5 N–H and O–H groups in total. The van der Waals surface area contributed by atoms with Gasteiger partial charge in [0.25, 0.3) is 5.91 Å². The first-order valence-electron chi connectivity index (χ1n) is 19.0. The monoisotopic (exact) mass is 791 g/mol. The number of anilines is 1. The summed E-state index contributed by atoms with van der Waals surface area (Å²) in [5.74, 6) is 0.126. The topological polar surface area (TPSA) is 126 Å². The maximum atomic E-state index is 13.6. The van der Waals surface area contributed by atoms with E-state index >= 15 is 0 Å². The molecule has 0 spiro atoms. The summed E-state index contributed by atoms with van der Waals surface area (Å²) in [7, 11) is 3.38. The number of nitrogens with zero attached hydrogens (tertiary/aromatic N) is 1. The summed E-state index contributed by atoms with van der Waals surface area (Å²) in [6.07, 6.45) is 4.38. The van der Waals surface area contributed by atoms with E-state index in [1.165, 1.54) is 24.1 Å². The molecule has 0 saturated heterocycles. The Morgan fingerprint density at radius 1 is 0.965 bits per heavy atom. The molecule has 57 heavy (non-hydrogen) atoms. The third kappa shape index (κ3) is 17.9. The van der Waals surface area contributed by atoms with Crippen LogP contribution in [0.25, 0.3) is 0 Å². The number of amides is 3. The average molecular weight is 792 g/mol. The van der Waals surface area contributed by atoms with Crippen molar-refractivity contribution in [2.75, 3.05) is 39.1 Å². The van der Waals surface area contributed by atoms with E-state index in [1.807, 2.05) is 64.2 Å². The largest absolute Gasteiger partial charge is 0.494 e. The number of nitrogens with one attached hydrogen (secondary N) is 3. The zero-order chi connectivity index (χ0) is 42.8. The van der Waals surface area contributed by atoms with Crippen LogP contribution in [0.1, 0.15) is 74.4 Å². The number of carbonyl (C=O) groups is 3. The molecule has 0 aliphatic heterocycles. The predicted octanol–water partition coefficient (Wildman–Crippen LogP) is 8.49. The molecule has 310 valence electrons. The fourth-order valence-electron chi connectivity index (χ4n) is 5.45. The molecule has 3 aromatic carbocycles. The number of rotatable bonds is 21. The molecule has 3 amide bonds. The second kappa shape index (κ2) is 27.2. The van der Waals surface area contributed by atoms with E-state index in [0.29, 0.717) is 42.0 Å². The molecule has 0 heterocycles. The van der Waals surface area contributed by atoms with E-state index < -0.39 is 17.8 Å². The average Bonchev–Trinajstić information content (AvgIpc) is 3.22. The minimum atomic E-state index is -4.51. The van der Waals surface area contributed by atoms with Crippen molar-refractivity contribution in [2.45, 2.75) is 72.1 Å². The molecule has 0 saturated carbocycles. The zero-order valence-electron chi connectivity index (χ0n) is 34.2. The number of ether oxygens (including phenoxy) is 1. The van der Waals surface area contributed by atoms with Crippen LogP contribution in [0.4, 0.5) is 18.9 Å². The Bertz CT molecular complexity index is 1770. The van der Waals surface area contributed by atoms with Gasteiger partial charge in [0.15, 0.2) is 0 Å². The lowest BCUT2D eigenvalue weighted by Crippen LogP contribution is -2.31. The van der Waals surface area contributed by atoms with Gasteiger partial charge < -0.3 is 31.3 Å². The highest BCUT2D eigenvalue weighted by molar-refractivity contribution is 6.03. The Labute approximate surface area is 336 Å². The van der Waals surface area contributed by atoms with Crippen LogP contribution < -0.4 is 26.4 Å². The maximum Gasteiger partial charge on any atom is 0.416 e. The molecule has 0 fully saturated rings. The Balaban J connectivity index is 0.00000393. The van der Waals surface area contributed by atoms with Crippen molar-refractivity contribution in [3.8, 4) is 5.75 Å². The summed E-state index contributed by atoms with van der Waals surface area (Å²) < 4.78 is 45.9. The van der Waals surface area contributed by atoms with E-state index in [2.05, 4.69) is 34.8 Å². The van der Waals surface area contributed by atoms with Crippen molar-refractivity contribution >= 4 is 23.9 Å². The van der Waals surface area contributed by atoms with Crippen molar-refractivity contribution in [3.05, 3.63) is 143 Å². The number of alkyl halides is 3. The normalized spacial score (nSPS) is 11.8. The highest BCUT2D eigenvalue weighted by atomic mass is 19.4. The first-order chi connectivity index (χ1) is 27.4. The van der Waals surface area contributed by atoms with Gasteiger partial charge in [-0.25, -0.2) is 0 Å². The van der Waals surface area contributed by atoms with Gasteiger partial charge in [-0.05, 0) is 112 Å². The highest BCUT2D eigenvalue weighted by Crippen LogP contribution is 2.30. The SMILES string of the molecule is C=CCN(Cc1cccc(C(F)(F)F)c1)C(=O)CCc1cc(NC(=O)/C(C)=C/C=C(/C)C=C)ccc1CC(NC=O)c1ccc(OCCCNC)cc1.CC.CN. The molecule has 0 bridgehead atoms. The quantitative estimate of drug-likeness (QED) is 0.0282. The smallest absolute Gasteiger partial charge is 0.416 e. The minimum absolute atomic E-state index is 0.0242. The number of hydrogen-bond acceptors (Lipinski definition) is 6. The molecule has 0 aliphatic rings. The van der Waals surface area contributed by atoms with Crippen LogP contribution in [0, 0.1) is 0 Å². The van der Waals surface area contributed by atoms with Gasteiger partial charge in [0, 0.05) is 30.8 Å². The van der Waals surface area contributed by atoms with E-state index in [-0.39, 0.29) is 37.7 Å². The number of halogens is 3. The first-order valence-corrected chi connectivity index (χ1v) is 19.0. The van der Waals surface area contributed by atoms with E-state index in [9.17, 15) is 27.6 Å². The lowest BCUT2D eigenvalue weighted by atomic mass is 9.93. The van der Waals surface area contributed by atoms with Crippen molar-refractivity contribution in [1.29, 1.82) is 0 Å². The summed E-state index contributed by atoms with van der Waals surface area (Å²) in [6, 6.07) is 17.4. The molecule has 9 nitrogen and oxygen atoms in total. The van der Waals surface area contributed by atoms with Crippen LogP contribution in [-0.4, -0.2) is 56.9 Å². The molecular weight excluding hydrogens is 732 g/mol. The Morgan fingerprint density at radius 3 is 2.28 bits per heavy atom. The minimum Gasteiger partial charge on any atom is -0.494 e. The second-order valence-electron chi connectivity index (χ2n) is 12.6. The van der Waals surface area contributed by atoms with E-state index in [1.54, 1.807) is 37.3 Å². The summed E-state index contributed by atoms with van der Waals surface area (Å²) in [5, 5.41) is 8.90. The van der Waals surface area contributed by atoms with Crippen molar-refractivity contribution < 1.29 is 32.3 Å². The molecule has 1 atom stereocenters. The molecule has 3 aromatic rings. The van der Waals surface area contributed by atoms with E-state index in [4.69, 9.17) is 4.74 Å². The number of allylic oxidation sites excluding steroid dienone is 4. The van der Waals surface area contributed by atoms with E-state index in [0.717, 1.165) is 47.4 Å². The standard InChI is InChI=1S/C42H49F3N4O4.C2H6.CH5N/c1-6-23-49(28-32-10-8-11-36(25-32)42(43,44)45)40(51)21-17-34-26-37(48-41(52)31(4)13-12-30(3)7-2)18-14-35(34)27-39(47-29-50)33-15-19-38(20-16-33)53-24-9-22-46-5;2*1-2/h6-8,10-16,18-20,25-26,29,39,46H,1-2,9,17,21-24,27-28H2,3-5H3,(H,47,50)(H,48,52);1-2H3;2H2,1H3/b30-12-,31-13+;;. The highest BCUT2D eigenvalue weighted by Gasteiger charge is 2.30. The van der Waals surface area contributed by atoms with Gasteiger partial charge in [-0.15, -0.1) is 6.58 Å². The van der Waals surface area contributed by atoms with Gasteiger partial charge >= 0.3 is 6.18 Å². The fourth-order valence-corrected chi connectivity index (χ4v) is 5.45. The maximum absolute atomic E-state index is 13.6. The number of aryl methyl sites for hydroxylation is 1. The third-order valence-electron chi connectivity index (χ3n) is 8.49. The van der Waals surface area contributed by atoms with Gasteiger partial charge in [-0.1, -0.05) is 80.6 Å². The summed E-state index contributed by atoms with van der Waals surface area (Å²) in [4.78, 5) is 39.8. The molecule has 12 heteroatoms. The Kier molecular flexibility index (Phi) is 23.6. The molecule has 0 aliphatic carbocycles. The van der Waals surface area contributed by atoms with Crippen molar-refractivity contribution in [3.63, 3.8) is 0 Å². The molecule has 0 radical (unpaired) electrons. The van der Waals surface area contributed by atoms with Gasteiger partial charge in [0.2, 0.25) is 12.3 Å². The lowest BCUT2D eigenvalue weighted by molar-refractivity contribution is -0.137. The lowest BCUT2D eigenvalue weighted by Gasteiger charge is -2.23. The van der Waals surface area contributed by atoms with Crippen LogP contribution in [-0.2, 0) is 39.9 Å². The number of benzene rings is 3. The van der Waals surface area contributed by atoms with Crippen LogP contribution in [0.5, 0.6) is 5.75 Å². The number of carbonyl (C=O) groups excluding carboxylic acids is 3. The Hall–Kier alpha value is -5.46. The fraction of sp³-hybridized carbons (Fsp3) is 0.356. The Morgan fingerprint density at radius 2 is 1.67 bits per heavy atom. The molecular formula is C45H60F3N5O4. The van der Waals surface area contributed by atoms with Gasteiger partial charge in [0.1, 0.15) is 5.75 Å². The van der Waals surface area contributed by atoms with Gasteiger partial charge in [0.05, 0.1) is 18.2 Å². The van der Waals surface area contributed by atoms with Gasteiger partial charge in [-0.3, -0.25) is 14.4 Å².